The van der Waals surface area contributed by atoms with E-state index in [9.17, 15) is 0 Å². The Balaban J connectivity index is 1.60. The Morgan fingerprint density at radius 3 is 2.20 bits per heavy atom. The van der Waals surface area contributed by atoms with Crippen LogP contribution in [-0.4, -0.2) is 9.97 Å². The maximum atomic E-state index is 4.29. The van der Waals surface area contributed by atoms with Crippen molar-refractivity contribution in [3.63, 3.8) is 0 Å². The highest BCUT2D eigenvalue weighted by Crippen LogP contribution is 2.37. The van der Waals surface area contributed by atoms with Crippen LogP contribution in [0.15, 0.2) is 36.7 Å². The summed E-state index contributed by atoms with van der Waals surface area (Å²) in [7, 11) is 0. The fourth-order valence-corrected chi connectivity index (χ4v) is 3.76. The molecule has 1 aliphatic rings. The average molecular weight is 332 g/mol. The van der Waals surface area contributed by atoms with Gasteiger partial charge in [0.15, 0.2) is 0 Å². The van der Waals surface area contributed by atoms with E-state index in [1.807, 2.05) is 12.4 Å². The van der Waals surface area contributed by atoms with Crippen LogP contribution < -0.4 is 0 Å². The first-order valence-corrected chi connectivity index (χ1v) is 9.71. The summed E-state index contributed by atoms with van der Waals surface area (Å²) < 4.78 is 0. The molecule has 0 amide bonds. The van der Waals surface area contributed by atoms with Crippen molar-refractivity contribution >= 4 is 0 Å². The van der Waals surface area contributed by atoms with Crippen LogP contribution in [0.5, 0.6) is 0 Å². The molecule has 2 nitrogen and oxygen atoms in total. The predicted molar refractivity (Wildman–Crippen MR) is 103 cm³/mol. The SMILES string of the molecule is CCCC1CCC(c2ccc(C#Cc3ncc(CC)cn3)cc2)CC1. The fourth-order valence-electron chi connectivity index (χ4n) is 3.76. The van der Waals surface area contributed by atoms with E-state index in [0.717, 1.165) is 29.4 Å². The molecule has 0 bridgehead atoms. The molecule has 0 aliphatic heterocycles. The number of hydrogen-bond acceptors (Lipinski definition) is 2. The Bertz CT molecular complexity index is 711. The van der Waals surface area contributed by atoms with E-state index >= 15 is 0 Å². The minimum atomic E-state index is 0.593. The molecule has 0 unspecified atom stereocenters. The third-order valence-electron chi connectivity index (χ3n) is 5.36. The fraction of sp³-hybridized carbons (Fsp3) is 0.478. The molecular weight excluding hydrogens is 304 g/mol. The summed E-state index contributed by atoms with van der Waals surface area (Å²) in [6.07, 6.45) is 12.9. The monoisotopic (exact) mass is 332 g/mol. The van der Waals surface area contributed by atoms with Crippen molar-refractivity contribution in [3.8, 4) is 11.8 Å². The van der Waals surface area contributed by atoms with Crippen LogP contribution in [0.4, 0.5) is 0 Å². The molecule has 2 heteroatoms. The van der Waals surface area contributed by atoms with Gasteiger partial charge in [0.25, 0.3) is 0 Å². The van der Waals surface area contributed by atoms with Crippen LogP contribution in [0, 0.1) is 17.8 Å². The van der Waals surface area contributed by atoms with Gasteiger partial charge in [-0.2, -0.15) is 0 Å². The van der Waals surface area contributed by atoms with E-state index in [1.165, 1.54) is 44.1 Å². The highest BCUT2D eigenvalue weighted by Gasteiger charge is 2.21. The molecule has 1 aliphatic carbocycles. The Labute approximate surface area is 152 Å². The minimum Gasteiger partial charge on any atom is -0.229 e. The van der Waals surface area contributed by atoms with E-state index in [2.05, 4.69) is 59.9 Å². The van der Waals surface area contributed by atoms with Gasteiger partial charge in [-0.15, -0.1) is 0 Å². The molecule has 1 aromatic carbocycles. The molecular formula is C23H28N2. The molecule has 1 heterocycles. The van der Waals surface area contributed by atoms with E-state index in [1.54, 1.807) is 0 Å². The molecule has 0 radical (unpaired) electrons. The molecule has 3 rings (SSSR count). The quantitative estimate of drug-likeness (QED) is 0.690. The predicted octanol–water partition coefficient (Wildman–Crippen LogP) is 5.51. The normalized spacial score (nSPS) is 19.9. The van der Waals surface area contributed by atoms with Gasteiger partial charge in [0.2, 0.25) is 5.82 Å². The Kier molecular flexibility index (Phi) is 6.23. The highest BCUT2D eigenvalue weighted by molar-refractivity contribution is 5.40. The minimum absolute atomic E-state index is 0.593. The Hall–Kier alpha value is -2.14. The third-order valence-corrected chi connectivity index (χ3v) is 5.36. The maximum Gasteiger partial charge on any atom is 0.205 e. The summed E-state index contributed by atoms with van der Waals surface area (Å²) in [4.78, 5) is 8.59. The van der Waals surface area contributed by atoms with Crippen molar-refractivity contribution in [3.05, 3.63) is 59.2 Å². The number of aryl methyl sites for hydroxylation is 1. The highest BCUT2D eigenvalue weighted by atomic mass is 14.8. The number of rotatable bonds is 4. The Morgan fingerprint density at radius 2 is 1.60 bits per heavy atom. The van der Waals surface area contributed by atoms with Crippen LogP contribution in [-0.2, 0) is 6.42 Å². The summed E-state index contributed by atoms with van der Waals surface area (Å²) in [5.74, 6) is 8.53. The van der Waals surface area contributed by atoms with E-state index < -0.39 is 0 Å². The molecule has 0 N–H and O–H groups in total. The zero-order chi connectivity index (χ0) is 17.5. The summed E-state index contributed by atoms with van der Waals surface area (Å²) in [6, 6.07) is 8.80. The average Bonchev–Trinajstić information content (AvgIpc) is 2.68. The second-order valence-corrected chi connectivity index (χ2v) is 7.15. The number of benzene rings is 1. The summed E-state index contributed by atoms with van der Waals surface area (Å²) in [5.41, 5.74) is 3.65. The third kappa shape index (κ3) is 4.92. The smallest absolute Gasteiger partial charge is 0.205 e. The molecule has 0 atom stereocenters. The van der Waals surface area contributed by atoms with Crippen LogP contribution in [0.25, 0.3) is 0 Å². The van der Waals surface area contributed by atoms with Gasteiger partial charge in [-0.05, 0) is 73.1 Å². The summed E-state index contributed by atoms with van der Waals surface area (Å²) in [6.45, 7) is 4.40. The van der Waals surface area contributed by atoms with Crippen molar-refractivity contribution in [2.75, 3.05) is 0 Å². The first-order valence-electron chi connectivity index (χ1n) is 9.71. The first kappa shape index (κ1) is 17.7. The van der Waals surface area contributed by atoms with Crippen molar-refractivity contribution in [1.82, 2.24) is 9.97 Å². The van der Waals surface area contributed by atoms with Crippen molar-refractivity contribution < 1.29 is 0 Å². The van der Waals surface area contributed by atoms with Gasteiger partial charge in [0.1, 0.15) is 0 Å². The molecule has 1 fully saturated rings. The zero-order valence-corrected chi connectivity index (χ0v) is 15.5. The number of nitrogens with zero attached hydrogens (tertiary/aromatic N) is 2. The van der Waals surface area contributed by atoms with Gasteiger partial charge < -0.3 is 0 Å². The molecule has 130 valence electrons. The standard InChI is InChI=1S/C23H28N2/c1-3-5-19-6-11-21(12-7-19)22-13-8-20(9-14-22)10-15-23-24-16-18(4-2)17-25-23/h8-9,13-14,16-17,19,21H,3-7,11-12H2,1-2H3. The van der Waals surface area contributed by atoms with Crippen LogP contribution in [0.3, 0.4) is 0 Å². The number of aromatic nitrogens is 2. The summed E-state index contributed by atoms with van der Waals surface area (Å²) >= 11 is 0. The van der Waals surface area contributed by atoms with Crippen LogP contribution in [0.2, 0.25) is 0 Å². The van der Waals surface area contributed by atoms with Gasteiger partial charge >= 0.3 is 0 Å². The van der Waals surface area contributed by atoms with Crippen LogP contribution >= 0.6 is 0 Å². The number of hydrogen-bond donors (Lipinski definition) is 0. The molecule has 0 saturated heterocycles. The lowest BCUT2D eigenvalue weighted by Gasteiger charge is -2.28. The lowest BCUT2D eigenvalue weighted by molar-refractivity contribution is 0.308. The van der Waals surface area contributed by atoms with Gasteiger partial charge in [-0.25, -0.2) is 9.97 Å². The van der Waals surface area contributed by atoms with E-state index in [0.29, 0.717) is 5.82 Å². The zero-order valence-electron chi connectivity index (χ0n) is 15.5. The van der Waals surface area contributed by atoms with Gasteiger partial charge in [0, 0.05) is 18.0 Å². The summed E-state index contributed by atoms with van der Waals surface area (Å²) in [5, 5.41) is 0. The van der Waals surface area contributed by atoms with Gasteiger partial charge in [-0.3, -0.25) is 0 Å². The second-order valence-electron chi connectivity index (χ2n) is 7.15. The largest absolute Gasteiger partial charge is 0.229 e. The molecule has 2 aromatic rings. The molecule has 1 saturated carbocycles. The van der Waals surface area contributed by atoms with E-state index in [4.69, 9.17) is 0 Å². The van der Waals surface area contributed by atoms with Crippen molar-refractivity contribution in [2.24, 2.45) is 5.92 Å². The molecule has 0 spiro atoms. The van der Waals surface area contributed by atoms with Gasteiger partial charge in [0.05, 0.1) is 0 Å². The van der Waals surface area contributed by atoms with E-state index in [-0.39, 0.29) is 0 Å². The lowest BCUT2D eigenvalue weighted by atomic mass is 9.77. The van der Waals surface area contributed by atoms with Crippen molar-refractivity contribution in [1.29, 1.82) is 0 Å². The lowest BCUT2D eigenvalue weighted by Crippen LogP contribution is -2.13. The molecule has 25 heavy (non-hydrogen) atoms. The van der Waals surface area contributed by atoms with Crippen molar-refractivity contribution in [2.45, 2.75) is 64.7 Å². The topological polar surface area (TPSA) is 25.8 Å². The Morgan fingerprint density at radius 1 is 0.920 bits per heavy atom. The second kappa shape index (κ2) is 8.81. The first-order chi connectivity index (χ1) is 12.3. The molecule has 1 aromatic heterocycles. The van der Waals surface area contributed by atoms with Crippen LogP contribution in [0.1, 0.15) is 80.8 Å². The van der Waals surface area contributed by atoms with Gasteiger partial charge in [-0.1, -0.05) is 44.7 Å². The maximum absolute atomic E-state index is 4.29.